The topological polar surface area (TPSA) is 51.0 Å². The summed E-state index contributed by atoms with van der Waals surface area (Å²) in [5.41, 5.74) is 3.02. The minimum atomic E-state index is -0.289. The van der Waals surface area contributed by atoms with Gasteiger partial charge in [0.2, 0.25) is 5.91 Å². The first-order valence-electron chi connectivity index (χ1n) is 8.80. The highest BCUT2D eigenvalue weighted by atomic mass is 32.2. The number of aryl methyl sites for hydroxylation is 1. The lowest BCUT2D eigenvalue weighted by Crippen LogP contribution is -2.36. The van der Waals surface area contributed by atoms with Gasteiger partial charge in [0.25, 0.3) is 0 Å². The predicted molar refractivity (Wildman–Crippen MR) is 104 cm³/mol. The largest absolute Gasteiger partial charge is 0.311 e. The van der Waals surface area contributed by atoms with Gasteiger partial charge in [-0.05, 0) is 48.7 Å². The summed E-state index contributed by atoms with van der Waals surface area (Å²) in [5, 5.41) is 9.03. The van der Waals surface area contributed by atoms with Crippen LogP contribution in [0.15, 0.2) is 53.7 Å². The van der Waals surface area contributed by atoms with Gasteiger partial charge in [-0.3, -0.25) is 4.79 Å². The minimum absolute atomic E-state index is 0.0680. The van der Waals surface area contributed by atoms with Gasteiger partial charge >= 0.3 is 0 Å². The van der Waals surface area contributed by atoms with Gasteiger partial charge in [0.15, 0.2) is 11.0 Å². The molecule has 1 aliphatic rings. The van der Waals surface area contributed by atoms with Gasteiger partial charge in [-0.1, -0.05) is 30.0 Å². The number of fused-ring (bicyclic) bond motifs is 1. The summed E-state index contributed by atoms with van der Waals surface area (Å²) in [6, 6.07) is 14.2. The van der Waals surface area contributed by atoms with Crippen molar-refractivity contribution in [3.8, 4) is 11.4 Å². The van der Waals surface area contributed by atoms with E-state index in [1.54, 1.807) is 12.1 Å². The third-order valence-electron chi connectivity index (χ3n) is 4.67. The van der Waals surface area contributed by atoms with Gasteiger partial charge < -0.3 is 9.47 Å². The standard InChI is InChI=1S/C20H19FN4OS/c1-24-19(15-8-10-16(21)11-9-15)22-23-20(24)27-13-18(26)25-12-4-6-14-5-2-3-7-17(14)25/h2-3,5,7-11H,4,6,12-13H2,1H3. The van der Waals surface area contributed by atoms with Gasteiger partial charge in [0.05, 0.1) is 5.75 Å². The lowest BCUT2D eigenvalue weighted by atomic mass is 10.0. The van der Waals surface area contributed by atoms with Crippen molar-refractivity contribution in [2.75, 3.05) is 17.2 Å². The second-order valence-corrected chi connectivity index (χ2v) is 7.38. The first-order chi connectivity index (χ1) is 13.1. The second kappa shape index (κ2) is 7.52. The van der Waals surface area contributed by atoms with Crippen molar-refractivity contribution in [2.24, 2.45) is 7.05 Å². The molecule has 4 rings (SSSR count). The molecule has 0 fully saturated rings. The first kappa shape index (κ1) is 17.7. The van der Waals surface area contributed by atoms with E-state index in [4.69, 9.17) is 0 Å². The van der Waals surface area contributed by atoms with Gasteiger partial charge in [-0.25, -0.2) is 4.39 Å². The summed E-state index contributed by atoms with van der Waals surface area (Å²) < 4.78 is 14.9. The summed E-state index contributed by atoms with van der Waals surface area (Å²) in [7, 11) is 1.85. The Kier molecular flexibility index (Phi) is 4.94. The smallest absolute Gasteiger partial charge is 0.237 e. The third kappa shape index (κ3) is 3.60. The average Bonchev–Trinajstić information content (AvgIpc) is 3.07. The van der Waals surface area contributed by atoms with Crippen LogP contribution in [0.1, 0.15) is 12.0 Å². The highest BCUT2D eigenvalue weighted by Crippen LogP contribution is 2.28. The van der Waals surface area contributed by atoms with Crippen molar-refractivity contribution in [2.45, 2.75) is 18.0 Å². The van der Waals surface area contributed by atoms with Crippen molar-refractivity contribution in [3.63, 3.8) is 0 Å². The molecule has 0 spiro atoms. The molecule has 0 unspecified atom stereocenters. The minimum Gasteiger partial charge on any atom is -0.311 e. The van der Waals surface area contributed by atoms with Gasteiger partial charge in [-0.2, -0.15) is 0 Å². The molecule has 2 aromatic carbocycles. The van der Waals surface area contributed by atoms with E-state index in [2.05, 4.69) is 16.3 Å². The van der Waals surface area contributed by atoms with E-state index >= 15 is 0 Å². The van der Waals surface area contributed by atoms with Crippen molar-refractivity contribution in [3.05, 3.63) is 59.9 Å². The molecule has 1 aromatic heterocycles. The Labute approximate surface area is 161 Å². The number of hydrogen-bond acceptors (Lipinski definition) is 4. The molecule has 0 saturated heterocycles. The fraction of sp³-hybridized carbons (Fsp3) is 0.250. The number of halogens is 1. The van der Waals surface area contributed by atoms with Crippen LogP contribution in [0.3, 0.4) is 0 Å². The van der Waals surface area contributed by atoms with Gasteiger partial charge in [0, 0.05) is 24.8 Å². The number of carbonyl (C=O) groups is 1. The van der Waals surface area contributed by atoms with E-state index in [1.807, 2.05) is 34.7 Å². The summed E-state index contributed by atoms with van der Waals surface area (Å²) in [6.07, 6.45) is 1.99. The van der Waals surface area contributed by atoms with E-state index in [-0.39, 0.29) is 11.7 Å². The van der Waals surface area contributed by atoms with Crippen LogP contribution < -0.4 is 4.90 Å². The van der Waals surface area contributed by atoms with Crippen LogP contribution in [-0.4, -0.2) is 33.0 Å². The Morgan fingerprint density at radius 3 is 2.74 bits per heavy atom. The maximum absolute atomic E-state index is 13.1. The molecule has 0 atom stereocenters. The summed E-state index contributed by atoms with van der Waals surface area (Å²) >= 11 is 1.37. The number of thioether (sulfide) groups is 1. The number of para-hydroxylation sites is 1. The van der Waals surface area contributed by atoms with Gasteiger partial charge in [0.1, 0.15) is 5.82 Å². The summed E-state index contributed by atoms with van der Waals surface area (Å²) in [6.45, 7) is 0.746. The quantitative estimate of drug-likeness (QED) is 0.646. The van der Waals surface area contributed by atoms with Crippen molar-refractivity contribution < 1.29 is 9.18 Å². The molecule has 0 aliphatic carbocycles. The molecule has 2 heterocycles. The van der Waals surface area contributed by atoms with Crippen LogP contribution in [0.4, 0.5) is 10.1 Å². The highest BCUT2D eigenvalue weighted by molar-refractivity contribution is 7.99. The van der Waals surface area contributed by atoms with Crippen LogP contribution in [-0.2, 0) is 18.3 Å². The van der Waals surface area contributed by atoms with Crippen LogP contribution in [0.5, 0.6) is 0 Å². The molecule has 1 amide bonds. The lowest BCUT2D eigenvalue weighted by Gasteiger charge is -2.29. The average molecular weight is 382 g/mol. The van der Waals surface area contributed by atoms with Crippen molar-refractivity contribution in [1.29, 1.82) is 0 Å². The van der Waals surface area contributed by atoms with Crippen molar-refractivity contribution >= 4 is 23.4 Å². The highest BCUT2D eigenvalue weighted by Gasteiger charge is 2.23. The maximum atomic E-state index is 13.1. The lowest BCUT2D eigenvalue weighted by molar-refractivity contribution is -0.116. The zero-order chi connectivity index (χ0) is 18.8. The molecule has 138 valence electrons. The molecule has 5 nitrogen and oxygen atoms in total. The number of benzene rings is 2. The first-order valence-corrected chi connectivity index (χ1v) is 9.78. The molecule has 27 heavy (non-hydrogen) atoms. The Morgan fingerprint density at radius 1 is 1.15 bits per heavy atom. The Hall–Kier alpha value is -2.67. The van der Waals surface area contributed by atoms with Crippen LogP contribution in [0, 0.1) is 5.82 Å². The number of hydrogen-bond donors (Lipinski definition) is 0. The molecular weight excluding hydrogens is 363 g/mol. The number of anilines is 1. The number of rotatable bonds is 4. The molecule has 0 bridgehead atoms. The zero-order valence-corrected chi connectivity index (χ0v) is 15.7. The summed E-state index contributed by atoms with van der Waals surface area (Å²) in [4.78, 5) is 14.6. The Morgan fingerprint density at radius 2 is 1.93 bits per heavy atom. The number of nitrogens with zero attached hydrogens (tertiary/aromatic N) is 4. The molecule has 3 aromatic rings. The van der Waals surface area contributed by atoms with E-state index in [0.717, 1.165) is 30.6 Å². The molecule has 0 N–H and O–H groups in total. The third-order valence-corrected chi connectivity index (χ3v) is 5.68. The molecule has 1 aliphatic heterocycles. The maximum Gasteiger partial charge on any atom is 0.237 e. The fourth-order valence-corrected chi connectivity index (χ4v) is 4.07. The molecule has 0 saturated carbocycles. The van der Waals surface area contributed by atoms with E-state index in [9.17, 15) is 9.18 Å². The van der Waals surface area contributed by atoms with Crippen LogP contribution in [0.25, 0.3) is 11.4 Å². The molecule has 0 radical (unpaired) electrons. The van der Waals surface area contributed by atoms with Crippen molar-refractivity contribution in [1.82, 2.24) is 14.8 Å². The van der Waals surface area contributed by atoms with E-state index in [1.165, 1.54) is 29.5 Å². The number of amides is 1. The number of aromatic nitrogens is 3. The Bertz CT molecular complexity index is 970. The fourth-order valence-electron chi connectivity index (χ4n) is 3.29. The summed E-state index contributed by atoms with van der Waals surface area (Å²) in [5.74, 6) is 0.721. The molecule has 7 heteroatoms. The number of carbonyl (C=O) groups excluding carboxylic acids is 1. The normalized spacial score (nSPS) is 13.5. The SMILES string of the molecule is Cn1c(SCC(=O)N2CCCc3ccccc32)nnc1-c1ccc(F)cc1. The molecular formula is C20H19FN4OS. The van der Waals surface area contributed by atoms with E-state index < -0.39 is 0 Å². The van der Waals surface area contributed by atoms with Gasteiger partial charge in [-0.15, -0.1) is 10.2 Å². The van der Waals surface area contributed by atoms with Crippen LogP contribution in [0.2, 0.25) is 0 Å². The zero-order valence-electron chi connectivity index (χ0n) is 14.9. The van der Waals surface area contributed by atoms with Crippen LogP contribution >= 0.6 is 11.8 Å². The monoisotopic (exact) mass is 382 g/mol. The van der Waals surface area contributed by atoms with E-state index in [0.29, 0.717) is 16.7 Å². The predicted octanol–water partition coefficient (Wildman–Crippen LogP) is 3.69. The Balaban J connectivity index is 1.47. The second-order valence-electron chi connectivity index (χ2n) is 6.44.